The van der Waals surface area contributed by atoms with Crippen molar-refractivity contribution in [3.8, 4) is 11.1 Å². The van der Waals surface area contributed by atoms with E-state index in [0.29, 0.717) is 6.54 Å². The Morgan fingerprint density at radius 3 is 2.27 bits per heavy atom. The summed E-state index contributed by atoms with van der Waals surface area (Å²) in [4.78, 5) is 4.08. The van der Waals surface area contributed by atoms with Gasteiger partial charge in [0.15, 0.2) is 0 Å². The van der Waals surface area contributed by atoms with E-state index in [1.165, 1.54) is 5.56 Å². The SMILES string of the molecule is Cl.NCc1ccc(-c2cccnc2)cc1. The summed E-state index contributed by atoms with van der Waals surface area (Å²) in [6.07, 6.45) is 3.63. The maximum Gasteiger partial charge on any atom is 0.0346 e. The molecule has 3 heteroatoms. The molecule has 15 heavy (non-hydrogen) atoms. The number of nitrogens with zero attached hydrogens (tertiary/aromatic N) is 1. The molecule has 1 aromatic carbocycles. The van der Waals surface area contributed by atoms with Crippen molar-refractivity contribution in [1.82, 2.24) is 4.98 Å². The molecule has 0 aliphatic rings. The summed E-state index contributed by atoms with van der Waals surface area (Å²) in [5.41, 5.74) is 8.99. The Balaban J connectivity index is 0.00000112. The van der Waals surface area contributed by atoms with Crippen LogP contribution in [0.5, 0.6) is 0 Å². The lowest BCUT2D eigenvalue weighted by molar-refractivity contribution is 1.07. The van der Waals surface area contributed by atoms with E-state index in [2.05, 4.69) is 17.1 Å². The molecule has 1 heterocycles. The molecule has 1 aromatic heterocycles. The molecular formula is C12H13ClN2. The van der Waals surface area contributed by atoms with Gasteiger partial charge in [-0.3, -0.25) is 4.98 Å². The monoisotopic (exact) mass is 220 g/mol. The summed E-state index contributed by atoms with van der Waals surface area (Å²) < 4.78 is 0. The molecule has 0 saturated carbocycles. The molecule has 0 atom stereocenters. The smallest absolute Gasteiger partial charge is 0.0346 e. The molecular weight excluding hydrogens is 208 g/mol. The van der Waals surface area contributed by atoms with E-state index in [9.17, 15) is 0 Å². The Hall–Kier alpha value is -1.38. The number of hydrogen-bond donors (Lipinski definition) is 1. The zero-order valence-electron chi connectivity index (χ0n) is 8.26. The van der Waals surface area contributed by atoms with E-state index < -0.39 is 0 Å². The Bertz CT molecular complexity index is 398. The van der Waals surface area contributed by atoms with Crippen LogP contribution in [0.2, 0.25) is 0 Å². The molecule has 0 amide bonds. The van der Waals surface area contributed by atoms with Gasteiger partial charge in [-0.25, -0.2) is 0 Å². The predicted molar refractivity (Wildman–Crippen MR) is 64.8 cm³/mol. The van der Waals surface area contributed by atoms with Crippen molar-refractivity contribution in [3.05, 3.63) is 54.4 Å². The minimum atomic E-state index is 0. The highest BCUT2D eigenvalue weighted by atomic mass is 35.5. The lowest BCUT2D eigenvalue weighted by Crippen LogP contribution is -1.95. The van der Waals surface area contributed by atoms with Gasteiger partial charge in [-0.1, -0.05) is 30.3 Å². The van der Waals surface area contributed by atoms with Gasteiger partial charge in [0.1, 0.15) is 0 Å². The first-order valence-electron chi connectivity index (χ1n) is 4.59. The van der Waals surface area contributed by atoms with Gasteiger partial charge >= 0.3 is 0 Å². The van der Waals surface area contributed by atoms with Crippen molar-refractivity contribution in [2.24, 2.45) is 5.73 Å². The van der Waals surface area contributed by atoms with Crippen LogP contribution < -0.4 is 5.73 Å². The van der Waals surface area contributed by atoms with E-state index in [-0.39, 0.29) is 12.4 Å². The summed E-state index contributed by atoms with van der Waals surface area (Å²) >= 11 is 0. The molecule has 0 saturated heterocycles. The van der Waals surface area contributed by atoms with Crippen LogP contribution in [0.4, 0.5) is 0 Å². The number of halogens is 1. The topological polar surface area (TPSA) is 38.9 Å². The van der Waals surface area contributed by atoms with Crippen LogP contribution in [0.3, 0.4) is 0 Å². The van der Waals surface area contributed by atoms with Gasteiger partial charge in [-0.05, 0) is 22.8 Å². The lowest BCUT2D eigenvalue weighted by Gasteiger charge is -2.01. The van der Waals surface area contributed by atoms with Gasteiger partial charge in [-0.15, -0.1) is 12.4 Å². The Kier molecular flexibility index (Phi) is 4.28. The first-order valence-corrected chi connectivity index (χ1v) is 4.59. The van der Waals surface area contributed by atoms with Gasteiger partial charge in [0, 0.05) is 18.9 Å². The highest BCUT2D eigenvalue weighted by molar-refractivity contribution is 5.85. The van der Waals surface area contributed by atoms with Crippen LogP contribution in [0.15, 0.2) is 48.8 Å². The van der Waals surface area contributed by atoms with Crippen LogP contribution >= 0.6 is 12.4 Å². The molecule has 2 rings (SSSR count). The van der Waals surface area contributed by atoms with Gasteiger partial charge in [0.2, 0.25) is 0 Å². The molecule has 0 bridgehead atoms. The molecule has 2 N–H and O–H groups in total. The summed E-state index contributed by atoms with van der Waals surface area (Å²) in [6.45, 7) is 0.591. The quantitative estimate of drug-likeness (QED) is 0.845. The first-order chi connectivity index (χ1) is 6.90. The summed E-state index contributed by atoms with van der Waals surface area (Å²) in [5.74, 6) is 0. The van der Waals surface area contributed by atoms with E-state index in [1.54, 1.807) is 6.20 Å². The molecule has 2 nitrogen and oxygen atoms in total. The number of benzene rings is 1. The Labute approximate surface area is 95.6 Å². The zero-order chi connectivity index (χ0) is 9.80. The fourth-order valence-electron chi connectivity index (χ4n) is 1.37. The third-order valence-corrected chi connectivity index (χ3v) is 2.18. The largest absolute Gasteiger partial charge is 0.326 e. The highest BCUT2D eigenvalue weighted by Gasteiger charge is 1.96. The molecule has 78 valence electrons. The van der Waals surface area contributed by atoms with Gasteiger partial charge in [-0.2, -0.15) is 0 Å². The number of rotatable bonds is 2. The molecule has 0 radical (unpaired) electrons. The van der Waals surface area contributed by atoms with Crippen molar-refractivity contribution in [2.75, 3.05) is 0 Å². The summed E-state index contributed by atoms with van der Waals surface area (Å²) in [5, 5.41) is 0. The van der Waals surface area contributed by atoms with E-state index in [1.807, 2.05) is 30.5 Å². The second kappa shape index (κ2) is 5.49. The second-order valence-electron chi connectivity index (χ2n) is 3.14. The average molecular weight is 221 g/mol. The lowest BCUT2D eigenvalue weighted by atomic mass is 10.1. The standard InChI is InChI=1S/C12H12N2.ClH/c13-8-10-3-5-11(6-4-10)12-2-1-7-14-9-12;/h1-7,9H,8,13H2;1H. The molecule has 0 aliphatic heterocycles. The summed E-state index contributed by atoms with van der Waals surface area (Å²) in [7, 11) is 0. The van der Waals surface area contributed by atoms with Crippen molar-refractivity contribution in [2.45, 2.75) is 6.54 Å². The fourth-order valence-corrected chi connectivity index (χ4v) is 1.37. The molecule has 0 fully saturated rings. The van der Waals surface area contributed by atoms with E-state index in [4.69, 9.17) is 5.73 Å². The Morgan fingerprint density at radius 1 is 1.00 bits per heavy atom. The number of pyridine rings is 1. The third-order valence-electron chi connectivity index (χ3n) is 2.18. The van der Waals surface area contributed by atoms with E-state index >= 15 is 0 Å². The number of aromatic nitrogens is 1. The van der Waals surface area contributed by atoms with Crippen LogP contribution in [-0.4, -0.2) is 4.98 Å². The maximum absolute atomic E-state index is 5.53. The Morgan fingerprint density at radius 2 is 1.73 bits per heavy atom. The molecule has 0 aliphatic carbocycles. The molecule has 0 spiro atoms. The molecule has 0 unspecified atom stereocenters. The average Bonchev–Trinajstić information content (AvgIpc) is 2.30. The fraction of sp³-hybridized carbons (Fsp3) is 0.0833. The van der Waals surface area contributed by atoms with E-state index in [0.717, 1.165) is 11.1 Å². The van der Waals surface area contributed by atoms with Gasteiger partial charge in [0.25, 0.3) is 0 Å². The zero-order valence-corrected chi connectivity index (χ0v) is 9.08. The summed E-state index contributed by atoms with van der Waals surface area (Å²) in [6, 6.07) is 12.2. The minimum Gasteiger partial charge on any atom is -0.326 e. The number of hydrogen-bond acceptors (Lipinski definition) is 2. The van der Waals surface area contributed by atoms with Crippen molar-refractivity contribution >= 4 is 12.4 Å². The molecule has 2 aromatic rings. The predicted octanol–water partition coefficient (Wildman–Crippen LogP) is 2.63. The van der Waals surface area contributed by atoms with Crippen molar-refractivity contribution in [1.29, 1.82) is 0 Å². The number of nitrogens with two attached hydrogens (primary N) is 1. The van der Waals surface area contributed by atoms with Gasteiger partial charge in [0.05, 0.1) is 0 Å². The van der Waals surface area contributed by atoms with Crippen molar-refractivity contribution < 1.29 is 0 Å². The first kappa shape index (κ1) is 11.7. The normalized spacial score (nSPS) is 9.40. The van der Waals surface area contributed by atoms with Crippen LogP contribution in [0.25, 0.3) is 11.1 Å². The van der Waals surface area contributed by atoms with Crippen LogP contribution in [0.1, 0.15) is 5.56 Å². The van der Waals surface area contributed by atoms with Crippen LogP contribution in [0, 0.1) is 0 Å². The third kappa shape index (κ3) is 2.78. The highest BCUT2D eigenvalue weighted by Crippen LogP contribution is 2.17. The van der Waals surface area contributed by atoms with Crippen LogP contribution in [-0.2, 0) is 6.54 Å². The maximum atomic E-state index is 5.53. The second-order valence-corrected chi connectivity index (χ2v) is 3.14. The minimum absolute atomic E-state index is 0. The van der Waals surface area contributed by atoms with Crippen molar-refractivity contribution in [3.63, 3.8) is 0 Å². The van der Waals surface area contributed by atoms with Gasteiger partial charge < -0.3 is 5.73 Å².